The summed E-state index contributed by atoms with van der Waals surface area (Å²) < 4.78 is 48.9. The van der Waals surface area contributed by atoms with Gasteiger partial charge in [-0.25, -0.2) is 0 Å². The molecule has 0 saturated heterocycles. The SMILES string of the molecule is CCOc1c(Br)cc(C(=O)NCc2ccc(C(F)(F)F)cc2)cc1OC. The second-order valence-electron chi connectivity index (χ2n) is 5.30. The van der Waals surface area contributed by atoms with Crippen molar-refractivity contribution in [3.8, 4) is 11.5 Å². The van der Waals surface area contributed by atoms with Gasteiger partial charge in [0.15, 0.2) is 11.5 Å². The van der Waals surface area contributed by atoms with Crippen molar-refractivity contribution in [2.75, 3.05) is 13.7 Å². The average Bonchev–Trinajstić information content (AvgIpc) is 2.60. The summed E-state index contributed by atoms with van der Waals surface area (Å²) in [5.41, 5.74) is 0.167. The maximum absolute atomic E-state index is 12.6. The smallest absolute Gasteiger partial charge is 0.416 e. The zero-order valence-corrected chi connectivity index (χ0v) is 15.7. The minimum Gasteiger partial charge on any atom is -0.493 e. The van der Waals surface area contributed by atoms with Crippen LogP contribution in [-0.2, 0) is 12.7 Å². The highest BCUT2D eigenvalue weighted by molar-refractivity contribution is 9.10. The lowest BCUT2D eigenvalue weighted by molar-refractivity contribution is -0.137. The number of methoxy groups -OCH3 is 1. The van der Waals surface area contributed by atoms with Gasteiger partial charge in [-0.15, -0.1) is 0 Å². The third-order valence-electron chi connectivity index (χ3n) is 3.51. The van der Waals surface area contributed by atoms with Crippen molar-refractivity contribution in [1.29, 1.82) is 0 Å². The lowest BCUT2D eigenvalue weighted by Gasteiger charge is -2.13. The average molecular weight is 432 g/mol. The fourth-order valence-corrected chi connectivity index (χ4v) is 2.79. The van der Waals surface area contributed by atoms with Gasteiger partial charge in [0, 0.05) is 12.1 Å². The van der Waals surface area contributed by atoms with Gasteiger partial charge in [-0.05, 0) is 52.7 Å². The molecule has 140 valence electrons. The van der Waals surface area contributed by atoms with Crippen LogP contribution in [0.25, 0.3) is 0 Å². The summed E-state index contributed by atoms with van der Waals surface area (Å²) in [4.78, 5) is 12.3. The lowest BCUT2D eigenvalue weighted by Crippen LogP contribution is -2.23. The molecular formula is C18H17BrF3NO3. The summed E-state index contributed by atoms with van der Waals surface area (Å²) in [5.74, 6) is 0.516. The van der Waals surface area contributed by atoms with E-state index < -0.39 is 11.7 Å². The van der Waals surface area contributed by atoms with E-state index in [1.165, 1.54) is 25.3 Å². The molecule has 8 heteroatoms. The minimum atomic E-state index is -4.38. The molecule has 2 aromatic carbocycles. The van der Waals surface area contributed by atoms with Crippen LogP contribution in [0.15, 0.2) is 40.9 Å². The Bertz CT molecular complexity index is 776. The minimum absolute atomic E-state index is 0.101. The number of carbonyl (C=O) groups is 1. The molecule has 0 aliphatic rings. The third kappa shape index (κ3) is 4.91. The fraction of sp³-hybridized carbons (Fsp3) is 0.278. The molecule has 1 amide bonds. The molecule has 2 rings (SSSR count). The Morgan fingerprint density at radius 2 is 1.85 bits per heavy atom. The van der Waals surface area contributed by atoms with Crippen LogP contribution in [-0.4, -0.2) is 19.6 Å². The van der Waals surface area contributed by atoms with E-state index in [-0.39, 0.29) is 12.5 Å². The molecule has 0 radical (unpaired) electrons. The summed E-state index contributed by atoms with van der Waals surface area (Å²) in [6.45, 7) is 2.37. The predicted octanol–water partition coefficient (Wildman–Crippen LogP) is 4.81. The molecule has 0 bridgehead atoms. The topological polar surface area (TPSA) is 47.6 Å². The number of ether oxygens (including phenoxy) is 2. The van der Waals surface area contributed by atoms with Crippen molar-refractivity contribution in [2.45, 2.75) is 19.6 Å². The zero-order valence-electron chi connectivity index (χ0n) is 14.1. The highest BCUT2D eigenvalue weighted by Crippen LogP contribution is 2.36. The molecule has 2 aromatic rings. The lowest BCUT2D eigenvalue weighted by atomic mass is 10.1. The Labute approximate surface area is 157 Å². The first kappa shape index (κ1) is 20.1. The van der Waals surface area contributed by atoms with Gasteiger partial charge in [0.1, 0.15) is 0 Å². The molecule has 0 spiro atoms. The quantitative estimate of drug-likeness (QED) is 0.713. The summed E-state index contributed by atoms with van der Waals surface area (Å²) in [5, 5.41) is 2.67. The summed E-state index contributed by atoms with van der Waals surface area (Å²) in [6.07, 6.45) is -4.38. The van der Waals surface area contributed by atoms with E-state index in [0.29, 0.717) is 33.7 Å². The van der Waals surface area contributed by atoms with Crippen molar-refractivity contribution >= 4 is 21.8 Å². The normalized spacial score (nSPS) is 11.2. The zero-order chi connectivity index (χ0) is 19.3. The number of benzene rings is 2. The number of carbonyl (C=O) groups excluding carboxylic acids is 1. The van der Waals surface area contributed by atoms with Gasteiger partial charge >= 0.3 is 6.18 Å². The maximum Gasteiger partial charge on any atom is 0.416 e. The Morgan fingerprint density at radius 3 is 2.38 bits per heavy atom. The van der Waals surface area contributed by atoms with Crippen LogP contribution in [0.1, 0.15) is 28.4 Å². The molecule has 26 heavy (non-hydrogen) atoms. The number of halogens is 4. The molecule has 0 aliphatic carbocycles. The number of hydrogen-bond donors (Lipinski definition) is 1. The van der Waals surface area contributed by atoms with Crippen molar-refractivity contribution in [1.82, 2.24) is 5.32 Å². The van der Waals surface area contributed by atoms with Gasteiger partial charge < -0.3 is 14.8 Å². The number of alkyl halides is 3. The molecular weight excluding hydrogens is 415 g/mol. The Morgan fingerprint density at radius 1 is 1.19 bits per heavy atom. The highest BCUT2D eigenvalue weighted by atomic mass is 79.9. The van der Waals surface area contributed by atoms with Gasteiger partial charge in [0.2, 0.25) is 0 Å². The maximum atomic E-state index is 12.6. The first-order chi connectivity index (χ1) is 12.3. The predicted molar refractivity (Wildman–Crippen MR) is 94.5 cm³/mol. The van der Waals surface area contributed by atoms with E-state index in [9.17, 15) is 18.0 Å². The van der Waals surface area contributed by atoms with Crippen LogP contribution < -0.4 is 14.8 Å². The Balaban J connectivity index is 2.09. The molecule has 0 unspecified atom stereocenters. The fourth-order valence-electron chi connectivity index (χ4n) is 2.23. The summed E-state index contributed by atoms with van der Waals surface area (Å²) >= 11 is 3.34. The first-order valence-corrected chi connectivity index (χ1v) is 8.50. The molecule has 0 aliphatic heterocycles. The highest BCUT2D eigenvalue weighted by Gasteiger charge is 2.29. The van der Waals surface area contributed by atoms with E-state index in [0.717, 1.165) is 12.1 Å². The molecule has 0 atom stereocenters. The van der Waals surface area contributed by atoms with Crippen LogP contribution in [0.4, 0.5) is 13.2 Å². The molecule has 0 heterocycles. The van der Waals surface area contributed by atoms with Crippen LogP contribution in [0.2, 0.25) is 0 Å². The largest absolute Gasteiger partial charge is 0.493 e. The Hall–Kier alpha value is -2.22. The number of nitrogens with one attached hydrogen (secondary N) is 1. The number of amides is 1. The molecule has 0 aromatic heterocycles. The van der Waals surface area contributed by atoms with Gasteiger partial charge in [-0.1, -0.05) is 12.1 Å². The molecule has 4 nitrogen and oxygen atoms in total. The summed E-state index contributed by atoms with van der Waals surface area (Å²) in [6, 6.07) is 7.76. The number of rotatable bonds is 6. The van der Waals surface area contributed by atoms with E-state index in [2.05, 4.69) is 21.2 Å². The second-order valence-corrected chi connectivity index (χ2v) is 6.15. The van der Waals surface area contributed by atoms with E-state index >= 15 is 0 Å². The van der Waals surface area contributed by atoms with E-state index in [1.54, 1.807) is 6.07 Å². The van der Waals surface area contributed by atoms with Crippen molar-refractivity contribution in [3.63, 3.8) is 0 Å². The monoisotopic (exact) mass is 431 g/mol. The standard InChI is InChI=1S/C18H17BrF3NO3/c1-3-26-16-14(19)8-12(9-15(16)25-2)17(24)23-10-11-4-6-13(7-5-11)18(20,21)22/h4-9H,3,10H2,1-2H3,(H,23,24). The molecule has 1 N–H and O–H groups in total. The van der Waals surface area contributed by atoms with Crippen molar-refractivity contribution < 1.29 is 27.4 Å². The van der Waals surface area contributed by atoms with Crippen LogP contribution >= 0.6 is 15.9 Å². The molecule has 0 fully saturated rings. The summed E-state index contributed by atoms with van der Waals surface area (Å²) in [7, 11) is 1.47. The van der Waals surface area contributed by atoms with Gasteiger partial charge in [0.05, 0.1) is 23.8 Å². The Kier molecular flexibility index (Phi) is 6.52. The van der Waals surface area contributed by atoms with Crippen LogP contribution in [0.3, 0.4) is 0 Å². The van der Waals surface area contributed by atoms with Crippen molar-refractivity contribution in [2.24, 2.45) is 0 Å². The third-order valence-corrected chi connectivity index (χ3v) is 4.10. The van der Waals surface area contributed by atoms with Gasteiger partial charge in [-0.2, -0.15) is 13.2 Å². The van der Waals surface area contributed by atoms with Gasteiger partial charge in [-0.3, -0.25) is 4.79 Å². The van der Waals surface area contributed by atoms with Crippen LogP contribution in [0, 0.1) is 0 Å². The second kappa shape index (κ2) is 8.44. The van der Waals surface area contributed by atoms with E-state index in [1.807, 2.05) is 6.92 Å². The van der Waals surface area contributed by atoms with E-state index in [4.69, 9.17) is 9.47 Å². The first-order valence-electron chi connectivity index (χ1n) is 7.71. The van der Waals surface area contributed by atoms with Gasteiger partial charge in [0.25, 0.3) is 5.91 Å². The number of hydrogen-bond acceptors (Lipinski definition) is 3. The van der Waals surface area contributed by atoms with Crippen molar-refractivity contribution in [3.05, 3.63) is 57.6 Å². The van der Waals surface area contributed by atoms with Crippen LogP contribution in [0.5, 0.6) is 11.5 Å². The molecule has 0 saturated carbocycles.